The van der Waals surface area contributed by atoms with Gasteiger partial charge in [-0.3, -0.25) is 0 Å². The highest BCUT2D eigenvalue weighted by Crippen LogP contribution is 2.28. The van der Waals surface area contributed by atoms with Gasteiger partial charge in [-0.25, -0.2) is 4.39 Å². The first-order valence-electron chi connectivity index (χ1n) is 7.66. The van der Waals surface area contributed by atoms with Gasteiger partial charge in [0.25, 0.3) is 0 Å². The van der Waals surface area contributed by atoms with Gasteiger partial charge in [-0.05, 0) is 48.5 Å². The van der Waals surface area contributed by atoms with Gasteiger partial charge in [-0.15, -0.1) is 10.2 Å². The van der Waals surface area contributed by atoms with Crippen LogP contribution in [0.5, 0.6) is 0 Å². The first-order valence-corrected chi connectivity index (χ1v) is 9.40. The number of thioether (sulfide) groups is 1. The van der Waals surface area contributed by atoms with Gasteiger partial charge >= 0.3 is 0 Å². The maximum Gasteiger partial charge on any atom is 0.185 e. The lowest BCUT2D eigenvalue weighted by Gasteiger charge is -2.06. The van der Waals surface area contributed by atoms with Crippen molar-refractivity contribution in [2.24, 2.45) is 0 Å². The van der Waals surface area contributed by atoms with Gasteiger partial charge in [-0.2, -0.15) is 9.61 Å². The van der Waals surface area contributed by atoms with Gasteiger partial charge < -0.3 is 0 Å². The Morgan fingerprint density at radius 3 is 2.54 bits per heavy atom. The van der Waals surface area contributed by atoms with E-state index in [-0.39, 0.29) is 5.82 Å². The van der Waals surface area contributed by atoms with Gasteiger partial charge in [0.15, 0.2) is 11.5 Å². The number of benzene rings is 2. The van der Waals surface area contributed by atoms with E-state index < -0.39 is 0 Å². The molecule has 0 aliphatic heterocycles. The van der Waals surface area contributed by atoms with E-state index in [1.807, 2.05) is 24.3 Å². The fourth-order valence-electron chi connectivity index (χ4n) is 2.44. The Kier molecular flexibility index (Phi) is 4.80. The van der Waals surface area contributed by atoms with Crippen molar-refractivity contribution >= 4 is 40.6 Å². The number of hydrogen-bond acceptors (Lipinski definition) is 4. The average molecular weight is 405 g/mol. The van der Waals surface area contributed by atoms with Crippen LogP contribution in [0.2, 0.25) is 10.0 Å². The summed E-state index contributed by atoms with van der Waals surface area (Å²) < 4.78 is 15.6. The van der Waals surface area contributed by atoms with E-state index in [0.29, 0.717) is 37.9 Å². The molecule has 0 fully saturated rings. The Morgan fingerprint density at radius 1 is 0.962 bits per heavy atom. The summed E-state index contributed by atoms with van der Waals surface area (Å²) in [5.74, 6) is 0.669. The van der Waals surface area contributed by atoms with Crippen LogP contribution in [0.15, 0.2) is 59.6 Å². The Balaban J connectivity index is 1.65. The van der Waals surface area contributed by atoms with E-state index in [9.17, 15) is 4.39 Å². The smallest absolute Gasteiger partial charge is 0.185 e. The van der Waals surface area contributed by atoms with Crippen LogP contribution in [0.25, 0.3) is 17.0 Å². The summed E-state index contributed by atoms with van der Waals surface area (Å²) in [4.78, 5) is 0. The number of rotatable bonds is 4. The van der Waals surface area contributed by atoms with Crippen LogP contribution in [0, 0.1) is 5.82 Å². The molecule has 130 valence electrons. The lowest BCUT2D eigenvalue weighted by molar-refractivity contribution is 0.617. The highest BCUT2D eigenvalue weighted by Gasteiger charge is 2.12. The summed E-state index contributed by atoms with van der Waals surface area (Å²) in [5.41, 5.74) is 1.94. The molecule has 2 aromatic carbocycles. The van der Waals surface area contributed by atoms with E-state index in [2.05, 4.69) is 15.3 Å². The van der Waals surface area contributed by atoms with Crippen molar-refractivity contribution in [1.82, 2.24) is 19.8 Å². The predicted molar refractivity (Wildman–Crippen MR) is 102 cm³/mol. The van der Waals surface area contributed by atoms with Gasteiger partial charge in [0.2, 0.25) is 0 Å². The van der Waals surface area contributed by atoms with Crippen molar-refractivity contribution < 1.29 is 4.39 Å². The van der Waals surface area contributed by atoms with Crippen molar-refractivity contribution in [3.05, 3.63) is 76.0 Å². The summed E-state index contributed by atoms with van der Waals surface area (Å²) in [5, 5.41) is 14.7. The van der Waals surface area contributed by atoms with Crippen LogP contribution in [0.4, 0.5) is 4.39 Å². The molecule has 26 heavy (non-hydrogen) atoms. The number of hydrogen-bond donors (Lipinski definition) is 0. The van der Waals surface area contributed by atoms with Crippen molar-refractivity contribution in [3.63, 3.8) is 0 Å². The topological polar surface area (TPSA) is 43.1 Å². The van der Waals surface area contributed by atoms with Crippen LogP contribution < -0.4 is 0 Å². The minimum atomic E-state index is -0.322. The molecule has 8 heteroatoms. The molecule has 0 aliphatic carbocycles. The van der Waals surface area contributed by atoms with Crippen LogP contribution in [0.1, 0.15) is 5.56 Å². The van der Waals surface area contributed by atoms with Crippen molar-refractivity contribution in [2.45, 2.75) is 10.8 Å². The maximum absolute atomic E-state index is 13.9. The third-order valence-corrected chi connectivity index (χ3v) is 5.32. The molecule has 0 aliphatic rings. The molecular weight excluding hydrogens is 394 g/mol. The second-order valence-electron chi connectivity index (χ2n) is 5.46. The average Bonchev–Trinajstić information content (AvgIpc) is 3.05. The second-order valence-corrected chi connectivity index (χ2v) is 7.30. The van der Waals surface area contributed by atoms with Gasteiger partial charge in [0.05, 0.1) is 0 Å². The standard InChI is InChI=1S/C18H11Cl2FN4S/c19-12-6-4-11(5-7-12)18-23-22-16-8-9-17(24-25(16)18)26-10-13-14(20)2-1-3-15(13)21/h1-9H,10H2. The molecule has 0 spiro atoms. The third-order valence-electron chi connectivity index (χ3n) is 3.77. The Labute approximate surface area is 163 Å². The Morgan fingerprint density at radius 2 is 1.77 bits per heavy atom. The summed E-state index contributed by atoms with van der Waals surface area (Å²) in [6.45, 7) is 0. The fraction of sp³-hybridized carbons (Fsp3) is 0.0556. The van der Waals surface area contributed by atoms with Gasteiger partial charge in [-0.1, -0.05) is 41.0 Å². The number of fused-ring (bicyclic) bond motifs is 1. The molecule has 0 amide bonds. The van der Waals surface area contributed by atoms with Crippen LogP contribution in [0.3, 0.4) is 0 Å². The van der Waals surface area contributed by atoms with E-state index in [1.165, 1.54) is 17.8 Å². The van der Waals surface area contributed by atoms with Crippen LogP contribution in [-0.4, -0.2) is 19.8 Å². The largest absolute Gasteiger partial charge is 0.207 e. The second kappa shape index (κ2) is 7.23. The summed E-state index contributed by atoms with van der Waals surface area (Å²) in [7, 11) is 0. The minimum Gasteiger partial charge on any atom is -0.207 e. The van der Waals surface area contributed by atoms with E-state index >= 15 is 0 Å². The number of nitrogens with zero attached hydrogens (tertiary/aromatic N) is 4. The molecule has 4 nitrogen and oxygen atoms in total. The maximum atomic E-state index is 13.9. The molecule has 0 N–H and O–H groups in total. The highest BCUT2D eigenvalue weighted by atomic mass is 35.5. The quantitative estimate of drug-likeness (QED) is 0.419. The zero-order valence-electron chi connectivity index (χ0n) is 13.2. The first kappa shape index (κ1) is 17.3. The zero-order chi connectivity index (χ0) is 18.1. The summed E-state index contributed by atoms with van der Waals surface area (Å²) in [6.07, 6.45) is 0. The van der Waals surface area contributed by atoms with Crippen molar-refractivity contribution in [3.8, 4) is 11.4 Å². The lowest BCUT2D eigenvalue weighted by Crippen LogP contribution is -1.97. The van der Waals surface area contributed by atoms with Crippen LogP contribution in [-0.2, 0) is 5.75 Å². The normalized spacial score (nSPS) is 11.2. The molecule has 0 unspecified atom stereocenters. The highest BCUT2D eigenvalue weighted by molar-refractivity contribution is 7.98. The lowest BCUT2D eigenvalue weighted by atomic mass is 10.2. The number of aromatic nitrogens is 4. The summed E-state index contributed by atoms with van der Waals surface area (Å²) in [6, 6.07) is 15.6. The summed E-state index contributed by atoms with van der Waals surface area (Å²) >= 11 is 13.4. The molecule has 0 bridgehead atoms. The molecule has 0 radical (unpaired) electrons. The Hall–Kier alpha value is -2.15. The third kappa shape index (κ3) is 3.40. The molecule has 0 atom stereocenters. The van der Waals surface area contributed by atoms with E-state index in [0.717, 1.165) is 5.56 Å². The SMILES string of the molecule is Fc1cccc(Cl)c1CSc1ccc2nnc(-c3ccc(Cl)cc3)n2n1. The predicted octanol–water partition coefficient (Wildman–Crippen LogP) is 5.53. The first-order chi connectivity index (χ1) is 12.6. The van der Waals surface area contributed by atoms with Crippen molar-refractivity contribution in [2.75, 3.05) is 0 Å². The molecule has 4 aromatic rings. The van der Waals surface area contributed by atoms with Crippen LogP contribution >= 0.6 is 35.0 Å². The number of halogens is 3. The molecule has 2 aromatic heterocycles. The molecule has 4 rings (SSSR count). The van der Waals surface area contributed by atoms with E-state index in [4.69, 9.17) is 23.2 Å². The van der Waals surface area contributed by atoms with Gasteiger partial charge in [0.1, 0.15) is 10.8 Å². The molecule has 0 saturated carbocycles. The van der Waals surface area contributed by atoms with E-state index in [1.54, 1.807) is 28.8 Å². The molecule has 2 heterocycles. The monoisotopic (exact) mass is 404 g/mol. The van der Waals surface area contributed by atoms with Crippen molar-refractivity contribution in [1.29, 1.82) is 0 Å². The fourth-order valence-corrected chi connectivity index (χ4v) is 3.77. The Bertz CT molecular complexity index is 1060. The molecular formula is C18H11Cl2FN4S. The van der Waals surface area contributed by atoms with Gasteiger partial charge in [0, 0.05) is 26.9 Å². The zero-order valence-corrected chi connectivity index (χ0v) is 15.6. The molecule has 0 saturated heterocycles. The minimum absolute atomic E-state index is 0.322.